The van der Waals surface area contributed by atoms with Crippen LogP contribution in [0.1, 0.15) is 99.8 Å². The van der Waals surface area contributed by atoms with Gasteiger partial charge in [0.25, 0.3) is 0 Å². The zero-order chi connectivity index (χ0) is 52.3. The van der Waals surface area contributed by atoms with Crippen LogP contribution in [0.5, 0.6) is 0 Å². The second-order valence-corrected chi connectivity index (χ2v) is 25.3. The van der Waals surface area contributed by atoms with Gasteiger partial charge in [-0.05, 0) is 102 Å². The molecule has 23 heteroatoms. The maximum absolute atomic E-state index is 15.1. The summed E-state index contributed by atoms with van der Waals surface area (Å²) in [6.45, 7) is 12.9. The van der Waals surface area contributed by atoms with Gasteiger partial charge in [0.05, 0.1) is 37.4 Å². The molecule has 5 aliphatic carbocycles. The van der Waals surface area contributed by atoms with Crippen molar-refractivity contribution in [3.05, 3.63) is 12.2 Å². The van der Waals surface area contributed by atoms with E-state index in [-0.39, 0.29) is 46.8 Å². The van der Waals surface area contributed by atoms with Crippen LogP contribution in [0.4, 0.5) is 0 Å². The first-order chi connectivity index (χ1) is 32.9. The van der Waals surface area contributed by atoms with Crippen LogP contribution in [0.2, 0.25) is 0 Å². The zero-order valence-corrected chi connectivity index (χ0v) is 42.2. The van der Waals surface area contributed by atoms with Crippen molar-refractivity contribution in [3.63, 3.8) is 0 Å². The lowest BCUT2D eigenvalue weighted by Gasteiger charge is -2.72. The van der Waals surface area contributed by atoms with Gasteiger partial charge in [0, 0.05) is 0 Å². The number of allylic oxidation sites excluding steroid dienone is 2. The molecule has 408 valence electrons. The Morgan fingerprint density at radius 2 is 1.14 bits per heavy atom. The van der Waals surface area contributed by atoms with E-state index >= 15 is 4.79 Å². The van der Waals surface area contributed by atoms with Gasteiger partial charge in [-0.1, -0.05) is 60.6 Å². The fourth-order valence-electron chi connectivity index (χ4n) is 15.2. The van der Waals surface area contributed by atoms with Crippen LogP contribution in [0.25, 0.3) is 0 Å². The highest BCUT2D eigenvalue weighted by atomic mass is 32.3. The molecule has 0 bridgehead atoms. The van der Waals surface area contributed by atoms with Gasteiger partial charge in [-0.15, -0.1) is 0 Å². The summed E-state index contributed by atoms with van der Waals surface area (Å²) >= 11 is 0. The van der Waals surface area contributed by atoms with E-state index in [9.17, 15) is 69.1 Å². The summed E-state index contributed by atoms with van der Waals surface area (Å²) in [6, 6.07) is 0. The summed E-state index contributed by atoms with van der Waals surface area (Å²) in [5.74, 6) is -1.49. The molecule has 3 aliphatic heterocycles. The van der Waals surface area contributed by atoms with Crippen molar-refractivity contribution in [1.29, 1.82) is 0 Å². The van der Waals surface area contributed by atoms with E-state index in [1.54, 1.807) is 0 Å². The number of carbonyl (C=O) groups excluding carboxylic acids is 1. The Balaban J connectivity index is 0.986. The summed E-state index contributed by atoms with van der Waals surface area (Å²) in [7, 11) is -4.68. The average molecular weight is 1040 g/mol. The second-order valence-electron chi connectivity index (χ2n) is 24.2. The van der Waals surface area contributed by atoms with E-state index in [2.05, 4.69) is 46.8 Å². The lowest BCUT2D eigenvalue weighted by atomic mass is 9.32. The van der Waals surface area contributed by atoms with Crippen molar-refractivity contribution in [2.45, 2.75) is 204 Å². The molecule has 25 unspecified atom stereocenters. The molecule has 0 radical (unpaired) electrons. The molecule has 12 N–H and O–H groups in total. The summed E-state index contributed by atoms with van der Waals surface area (Å²) in [5.41, 5.74) is -3.58. The largest absolute Gasteiger partial charge is 0.432 e. The average Bonchev–Trinajstić information content (AvgIpc) is 3.28. The van der Waals surface area contributed by atoms with Crippen LogP contribution in [0.3, 0.4) is 0 Å². The van der Waals surface area contributed by atoms with Gasteiger partial charge in [0.2, 0.25) is 6.29 Å². The fraction of sp³-hybridized carbons (Fsp3) is 0.938. The van der Waals surface area contributed by atoms with E-state index in [0.29, 0.717) is 25.7 Å². The number of hydrogen-bond acceptors (Lipinski definition) is 21. The smallest absolute Gasteiger partial charge is 0.397 e. The summed E-state index contributed by atoms with van der Waals surface area (Å²) in [6.07, 6.45) is -19.6. The molecule has 22 nitrogen and oxygen atoms in total. The molecule has 3 saturated heterocycles. The van der Waals surface area contributed by atoms with Crippen LogP contribution in [0.15, 0.2) is 12.2 Å². The van der Waals surface area contributed by atoms with E-state index in [4.69, 9.17) is 32.6 Å². The lowest BCUT2D eigenvalue weighted by molar-refractivity contribution is -0.341. The maximum atomic E-state index is 15.1. The molecule has 25 atom stereocenters. The van der Waals surface area contributed by atoms with Gasteiger partial charge in [-0.3, -0.25) is 9.35 Å². The van der Waals surface area contributed by atoms with Crippen LogP contribution in [-0.2, 0) is 47.8 Å². The zero-order valence-electron chi connectivity index (χ0n) is 41.4. The molecule has 0 amide bonds. The first kappa shape index (κ1) is 55.7. The predicted molar refractivity (Wildman–Crippen MR) is 242 cm³/mol. The van der Waals surface area contributed by atoms with Crippen molar-refractivity contribution in [3.8, 4) is 0 Å². The normalized spacial score (nSPS) is 52.6. The van der Waals surface area contributed by atoms with Crippen LogP contribution in [-0.4, -0.2) is 199 Å². The van der Waals surface area contributed by atoms with Crippen molar-refractivity contribution in [2.75, 3.05) is 19.8 Å². The van der Waals surface area contributed by atoms with E-state index in [1.807, 2.05) is 13.8 Å². The molecular weight excluding hydrogens is 961 g/mol. The van der Waals surface area contributed by atoms with Crippen LogP contribution >= 0.6 is 0 Å². The maximum Gasteiger partial charge on any atom is 0.397 e. The van der Waals surface area contributed by atoms with Gasteiger partial charge in [0.15, 0.2) is 12.6 Å². The van der Waals surface area contributed by atoms with Crippen molar-refractivity contribution < 1.29 is 107 Å². The highest BCUT2D eigenvalue weighted by Crippen LogP contribution is 2.76. The minimum atomic E-state index is -4.68. The second kappa shape index (κ2) is 19.5. The van der Waals surface area contributed by atoms with Gasteiger partial charge in [-0.25, -0.2) is 4.18 Å². The molecule has 0 aromatic heterocycles. The molecule has 8 rings (SSSR count). The number of ether oxygens (including phenoxy) is 6. The summed E-state index contributed by atoms with van der Waals surface area (Å²) < 4.78 is 72.9. The third-order valence-electron chi connectivity index (χ3n) is 19.5. The summed E-state index contributed by atoms with van der Waals surface area (Å²) in [4.78, 5) is 15.1. The minimum Gasteiger partial charge on any atom is -0.432 e. The number of carbonyl (C=O) groups is 1. The van der Waals surface area contributed by atoms with Gasteiger partial charge in [0.1, 0.15) is 73.2 Å². The SMILES string of the molecule is CC1(C)CCC2(C(=O)OC3OC(COC4OC(COC5OC(CO)C(O)C(O)C5O)C(O)C(O)C4O)C(O)C(O)C3O)C(O)CC3(C)C(C=CC4C5(C)CCC(OS(=O)(=O)O)C(C)(C)C5CCC43C)C2C1. The van der Waals surface area contributed by atoms with Gasteiger partial charge in [-0.2, -0.15) is 8.42 Å². The van der Waals surface area contributed by atoms with Crippen molar-refractivity contribution >= 4 is 16.4 Å². The molecule has 71 heavy (non-hydrogen) atoms. The lowest BCUT2D eigenvalue weighted by Crippen LogP contribution is -2.70. The Kier molecular flexibility index (Phi) is 15.3. The number of aliphatic hydroxyl groups excluding tert-OH is 11. The quantitative estimate of drug-likeness (QED) is 0.0656. The van der Waals surface area contributed by atoms with Gasteiger partial charge < -0.3 is 84.6 Å². The van der Waals surface area contributed by atoms with Crippen LogP contribution < -0.4 is 0 Å². The van der Waals surface area contributed by atoms with Gasteiger partial charge >= 0.3 is 16.4 Å². The van der Waals surface area contributed by atoms with Crippen molar-refractivity contribution in [2.24, 2.45) is 56.2 Å². The number of rotatable bonds is 11. The molecule has 3 heterocycles. The monoisotopic (exact) mass is 1040 g/mol. The highest BCUT2D eigenvalue weighted by Gasteiger charge is 2.73. The number of aliphatic hydroxyl groups is 11. The Morgan fingerprint density at radius 1 is 0.620 bits per heavy atom. The molecule has 8 aliphatic rings. The third kappa shape index (κ3) is 9.28. The number of fused-ring (bicyclic) bond motifs is 7. The molecule has 7 fully saturated rings. The fourth-order valence-corrected chi connectivity index (χ4v) is 15.9. The topological polar surface area (TPSA) is 359 Å². The number of esters is 1. The molecular formula is C48H78O22S. The predicted octanol–water partition coefficient (Wildman–Crippen LogP) is -1.21. The Hall–Kier alpha value is -1.56. The molecule has 0 aromatic rings. The van der Waals surface area contributed by atoms with E-state index < -0.39 is 163 Å². The highest BCUT2D eigenvalue weighted by molar-refractivity contribution is 7.80. The third-order valence-corrected chi connectivity index (χ3v) is 20.0. The first-order valence-electron chi connectivity index (χ1n) is 25.0. The van der Waals surface area contributed by atoms with E-state index in [1.165, 1.54) is 0 Å². The van der Waals surface area contributed by atoms with Crippen LogP contribution in [0, 0.1) is 56.2 Å². The Bertz CT molecular complexity index is 2070. The van der Waals surface area contributed by atoms with Crippen molar-refractivity contribution in [1.82, 2.24) is 0 Å². The first-order valence-corrected chi connectivity index (χ1v) is 26.4. The molecule has 0 spiro atoms. The Morgan fingerprint density at radius 3 is 1.69 bits per heavy atom. The molecule has 0 aromatic carbocycles. The number of hydrogen-bond donors (Lipinski definition) is 12. The minimum absolute atomic E-state index is 0.00579. The Labute approximate surface area is 414 Å². The molecule has 4 saturated carbocycles. The summed E-state index contributed by atoms with van der Waals surface area (Å²) in [5, 5.41) is 119. The standard InChI is InChI=1S/C48H78O22S/c1-43(2)14-15-48(22(16-43)21-8-9-27-45(5)12-11-29(70-71(61,62)63)44(3,4)26(45)10-13-46(27,6)47(21,7)17-28(48)50)42(60)69-41-38(59)35(56)32(53)25(68-41)20-65-40-37(58)34(55)31(52)24(67-40)19-64-39-36(57)33(54)30(51)23(18-49)66-39/h8-9,21-41,49-59H,10-20H2,1-7H3,(H,61,62,63). The van der Waals surface area contributed by atoms with E-state index in [0.717, 1.165) is 12.8 Å².